The SMILES string of the molecule is CNC(=O)N1CCc2c(c(N3CCCc4cc(-c5ccc(C)cn5)c(C#N)cc43)nn2C2CCOCC2)C1. The molecule has 9 heteroatoms. The number of ether oxygens (including phenoxy) is 1. The van der Waals surface area contributed by atoms with Gasteiger partial charge in [-0.05, 0) is 61.9 Å². The van der Waals surface area contributed by atoms with Gasteiger partial charge in [0.05, 0.1) is 29.9 Å². The summed E-state index contributed by atoms with van der Waals surface area (Å²) >= 11 is 0. The molecule has 0 spiro atoms. The highest BCUT2D eigenvalue weighted by Gasteiger charge is 2.34. The topological polar surface area (TPSA) is 99.3 Å². The summed E-state index contributed by atoms with van der Waals surface area (Å²) in [6.07, 6.45) is 6.41. The predicted molar refractivity (Wildman–Crippen MR) is 144 cm³/mol. The maximum absolute atomic E-state index is 12.6. The number of aryl methyl sites for hydroxylation is 2. The fraction of sp³-hybridized carbons (Fsp3) is 0.448. The lowest BCUT2D eigenvalue weighted by atomic mass is 9.93. The second-order valence-corrected chi connectivity index (χ2v) is 10.4. The molecule has 0 radical (unpaired) electrons. The van der Waals surface area contributed by atoms with Crippen LogP contribution in [0.5, 0.6) is 0 Å². The Bertz CT molecular complexity index is 1400. The van der Waals surface area contributed by atoms with E-state index >= 15 is 0 Å². The van der Waals surface area contributed by atoms with Crippen LogP contribution in [0.4, 0.5) is 16.3 Å². The van der Waals surface area contributed by atoms with Crippen molar-refractivity contribution in [3.05, 3.63) is 58.4 Å². The number of rotatable bonds is 3. The molecule has 0 aliphatic carbocycles. The number of aromatic nitrogens is 3. The molecule has 3 aliphatic rings. The normalized spacial score (nSPS) is 17.5. The van der Waals surface area contributed by atoms with Crippen molar-refractivity contribution >= 4 is 17.5 Å². The highest BCUT2D eigenvalue weighted by Crippen LogP contribution is 2.41. The largest absolute Gasteiger partial charge is 0.381 e. The number of nitrogens with zero attached hydrogens (tertiary/aromatic N) is 6. The van der Waals surface area contributed by atoms with Crippen LogP contribution in [0.3, 0.4) is 0 Å². The molecule has 0 unspecified atom stereocenters. The molecule has 1 saturated heterocycles. The van der Waals surface area contributed by atoms with Gasteiger partial charge in [0.15, 0.2) is 5.82 Å². The molecule has 1 fully saturated rings. The van der Waals surface area contributed by atoms with E-state index in [0.717, 1.165) is 85.8 Å². The van der Waals surface area contributed by atoms with Crippen molar-refractivity contribution in [3.8, 4) is 17.3 Å². The van der Waals surface area contributed by atoms with Crippen molar-refractivity contribution in [2.45, 2.75) is 51.6 Å². The molecule has 2 amide bonds. The molecule has 3 aromatic rings. The van der Waals surface area contributed by atoms with Gasteiger partial charge in [-0.15, -0.1) is 0 Å². The predicted octanol–water partition coefficient (Wildman–Crippen LogP) is 4.26. The molecule has 0 bridgehead atoms. The summed E-state index contributed by atoms with van der Waals surface area (Å²) in [5, 5.41) is 18.1. The van der Waals surface area contributed by atoms with Crippen molar-refractivity contribution in [3.63, 3.8) is 0 Å². The number of carbonyl (C=O) groups excluding carboxylic acids is 1. The summed E-state index contributed by atoms with van der Waals surface area (Å²) in [7, 11) is 1.68. The van der Waals surface area contributed by atoms with E-state index in [1.807, 2.05) is 36.2 Å². The lowest BCUT2D eigenvalue weighted by Gasteiger charge is -2.33. The summed E-state index contributed by atoms with van der Waals surface area (Å²) < 4.78 is 7.85. The molecule has 2 aromatic heterocycles. The zero-order valence-corrected chi connectivity index (χ0v) is 22.0. The lowest BCUT2D eigenvalue weighted by Crippen LogP contribution is -2.42. The minimum absolute atomic E-state index is 0.0681. The first-order valence-corrected chi connectivity index (χ1v) is 13.5. The van der Waals surface area contributed by atoms with Crippen molar-refractivity contribution in [2.75, 3.05) is 38.3 Å². The van der Waals surface area contributed by atoms with Crippen molar-refractivity contribution in [1.82, 2.24) is 25.0 Å². The van der Waals surface area contributed by atoms with Gasteiger partial charge in [-0.1, -0.05) is 6.07 Å². The van der Waals surface area contributed by atoms with Gasteiger partial charge in [-0.25, -0.2) is 4.79 Å². The van der Waals surface area contributed by atoms with E-state index in [4.69, 9.17) is 9.84 Å². The number of nitrogens with one attached hydrogen (secondary N) is 1. The van der Waals surface area contributed by atoms with Crippen LogP contribution in [0.2, 0.25) is 0 Å². The van der Waals surface area contributed by atoms with E-state index in [2.05, 4.69) is 32.0 Å². The van der Waals surface area contributed by atoms with E-state index < -0.39 is 0 Å². The van der Waals surface area contributed by atoms with Gasteiger partial charge in [-0.2, -0.15) is 10.4 Å². The maximum atomic E-state index is 12.6. The van der Waals surface area contributed by atoms with Crippen LogP contribution in [0, 0.1) is 18.3 Å². The van der Waals surface area contributed by atoms with Gasteiger partial charge >= 0.3 is 6.03 Å². The van der Waals surface area contributed by atoms with Crippen LogP contribution in [-0.4, -0.2) is 59.0 Å². The molecule has 1 aromatic carbocycles. The minimum Gasteiger partial charge on any atom is -0.381 e. The molecule has 5 heterocycles. The number of anilines is 2. The van der Waals surface area contributed by atoms with Gasteiger partial charge in [0, 0.05) is 68.5 Å². The van der Waals surface area contributed by atoms with Crippen molar-refractivity contribution in [2.24, 2.45) is 0 Å². The van der Waals surface area contributed by atoms with Gasteiger partial charge in [-0.3, -0.25) is 9.67 Å². The van der Waals surface area contributed by atoms with Gasteiger partial charge in [0.25, 0.3) is 0 Å². The van der Waals surface area contributed by atoms with Gasteiger partial charge in [0.1, 0.15) is 0 Å². The zero-order chi connectivity index (χ0) is 26.2. The average molecular weight is 512 g/mol. The molecular weight excluding hydrogens is 478 g/mol. The number of hydrogen-bond acceptors (Lipinski definition) is 6. The Balaban J connectivity index is 1.45. The Kier molecular flexibility index (Phi) is 6.50. The molecule has 196 valence electrons. The second kappa shape index (κ2) is 10.1. The highest BCUT2D eigenvalue weighted by molar-refractivity contribution is 5.78. The van der Waals surface area contributed by atoms with Gasteiger partial charge < -0.3 is 19.9 Å². The van der Waals surface area contributed by atoms with Crippen LogP contribution in [0.25, 0.3) is 11.3 Å². The van der Waals surface area contributed by atoms with Crippen LogP contribution in [0.15, 0.2) is 30.5 Å². The Morgan fingerprint density at radius 2 is 2.03 bits per heavy atom. The summed E-state index contributed by atoms with van der Waals surface area (Å²) in [6, 6.07) is 10.8. The Labute approximate surface area is 223 Å². The first kappa shape index (κ1) is 24.4. The first-order valence-electron chi connectivity index (χ1n) is 13.5. The van der Waals surface area contributed by atoms with E-state index in [9.17, 15) is 10.1 Å². The highest BCUT2D eigenvalue weighted by atomic mass is 16.5. The monoisotopic (exact) mass is 511 g/mol. The summed E-state index contributed by atoms with van der Waals surface area (Å²) in [4.78, 5) is 21.3. The van der Waals surface area contributed by atoms with Crippen molar-refractivity contribution in [1.29, 1.82) is 5.26 Å². The Hall–Kier alpha value is -3.90. The molecule has 0 saturated carbocycles. The fourth-order valence-corrected chi connectivity index (χ4v) is 5.99. The molecule has 3 aliphatic heterocycles. The first-order chi connectivity index (χ1) is 18.6. The fourth-order valence-electron chi connectivity index (χ4n) is 5.99. The quantitative estimate of drug-likeness (QED) is 0.564. The molecule has 1 N–H and O–H groups in total. The molecule has 6 rings (SSSR count). The number of carbonyl (C=O) groups is 1. The molecule has 9 nitrogen and oxygen atoms in total. The number of pyridine rings is 1. The molecule has 0 atom stereocenters. The number of fused-ring (bicyclic) bond motifs is 2. The molecular formula is C29H33N7O2. The maximum Gasteiger partial charge on any atom is 0.317 e. The summed E-state index contributed by atoms with van der Waals surface area (Å²) in [5.41, 5.74) is 7.94. The smallest absolute Gasteiger partial charge is 0.317 e. The van der Waals surface area contributed by atoms with Crippen LogP contribution in [-0.2, 0) is 24.1 Å². The van der Waals surface area contributed by atoms with E-state index in [1.54, 1.807) is 7.05 Å². The van der Waals surface area contributed by atoms with E-state index in [0.29, 0.717) is 24.7 Å². The number of hydrogen-bond donors (Lipinski definition) is 1. The second-order valence-electron chi connectivity index (χ2n) is 10.4. The van der Waals surface area contributed by atoms with E-state index in [-0.39, 0.29) is 6.03 Å². The van der Waals surface area contributed by atoms with Crippen LogP contribution < -0.4 is 10.2 Å². The third-order valence-corrected chi connectivity index (χ3v) is 8.00. The number of amides is 2. The standard InChI is InChI=1S/C29H33N7O2/c1-19-5-6-25(32-17-19)23-14-20-4-3-10-35(27(20)15-21(23)16-30)28-24-18-34(29(37)31-2)11-7-26(24)36(33-28)22-8-12-38-13-9-22/h5-6,14-15,17,22H,3-4,7-13,18H2,1-2H3,(H,31,37). The van der Waals surface area contributed by atoms with Crippen LogP contribution >= 0.6 is 0 Å². The van der Waals surface area contributed by atoms with Crippen molar-refractivity contribution < 1.29 is 9.53 Å². The molecule has 38 heavy (non-hydrogen) atoms. The third kappa shape index (κ3) is 4.29. The average Bonchev–Trinajstić information content (AvgIpc) is 3.35. The van der Waals surface area contributed by atoms with Gasteiger partial charge in [0.2, 0.25) is 0 Å². The number of urea groups is 1. The minimum atomic E-state index is -0.0681. The number of benzene rings is 1. The number of nitriles is 1. The Morgan fingerprint density at radius 3 is 2.76 bits per heavy atom. The summed E-state index contributed by atoms with van der Waals surface area (Å²) in [6.45, 7) is 5.51. The zero-order valence-electron chi connectivity index (χ0n) is 22.0. The Morgan fingerprint density at radius 1 is 1.18 bits per heavy atom. The summed E-state index contributed by atoms with van der Waals surface area (Å²) in [5.74, 6) is 0.908. The van der Waals surface area contributed by atoms with E-state index in [1.165, 1.54) is 11.3 Å². The third-order valence-electron chi connectivity index (χ3n) is 8.00. The lowest BCUT2D eigenvalue weighted by molar-refractivity contribution is 0.0651. The van der Waals surface area contributed by atoms with Crippen LogP contribution in [0.1, 0.15) is 53.3 Å².